The summed E-state index contributed by atoms with van der Waals surface area (Å²) in [6, 6.07) is 20.7. The maximum absolute atomic E-state index is 12.3. The number of nitrogens with one attached hydrogen (secondary N) is 1. The van der Waals surface area contributed by atoms with Gasteiger partial charge in [0.15, 0.2) is 0 Å². The average molecular weight is 543 g/mol. The first kappa shape index (κ1) is 28.5. The van der Waals surface area contributed by atoms with Crippen LogP contribution in [-0.4, -0.2) is 68.1 Å². The van der Waals surface area contributed by atoms with Crippen molar-refractivity contribution < 1.29 is 37.7 Å². The number of benzene rings is 3. The molecule has 0 spiro atoms. The van der Waals surface area contributed by atoms with Crippen molar-refractivity contribution in [3.05, 3.63) is 83.9 Å². The van der Waals surface area contributed by atoms with Gasteiger partial charge in [-0.05, 0) is 47.9 Å². The monoisotopic (exact) mass is 542 g/mol. The molecule has 3 aromatic rings. The quantitative estimate of drug-likeness (QED) is 0.316. The molecule has 202 valence electrons. The number of carbonyl (C=O) groups excluding carboxylic acids is 1. The van der Waals surface area contributed by atoms with Gasteiger partial charge in [-0.15, -0.1) is 0 Å². The van der Waals surface area contributed by atoms with Crippen LogP contribution < -0.4 is 14.2 Å². The summed E-state index contributed by atoms with van der Waals surface area (Å²) in [6.07, 6.45) is -1.20. The van der Waals surface area contributed by atoms with Crippen LogP contribution >= 0.6 is 0 Å². The minimum atomic E-state index is -3.72. The molecule has 0 bridgehead atoms. The van der Waals surface area contributed by atoms with Crippen LogP contribution in [0.25, 0.3) is 11.1 Å². The maximum atomic E-state index is 12.3. The fraction of sp³-hybridized carbons (Fsp3) is 0.259. The molecule has 3 rings (SSSR count). The molecule has 0 fully saturated rings. The number of aliphatic hydroxyl groups is 1. The lowest BCUT2D eigenvalue weighted by Gasteiger charge is -2.22. The molecule has 0 saturated carbocycles. The van der Waals surface area contributed by atoms with Gasteiger partial charge >= 0.3 is 6.09 Å². The van der Waals surface area contributed by atoms with Gasteiger partial charge < -0.3 is 24.6 Å². The van der Waals surface area contributed by atoms with Crippen LogP contribution in [0, 0.1) is 0 Å². The summed E-state index contributed by atoms with van der Waals surface area (Å²) in [5.41, 5.74) is 2.27. The van der Waals surface area contributed by atoms with E-state index in [1.54, 1.807) is 67.6 Å². The standard InChI is InChI=1S/C27H30N2O8S/c1-3-36-25-17-21(11-14-23(25)26(31)28-38(2,34)35)19-9-12-22(13-10-19)37-16-15-29(27(32)33)18-24(30)20-7-5-4-6-8-20/h4-14,17,24,30H,3,15-16,18H2,1-2H3,(H,28,31)(H,32,33)/t24-/m0/s1. The number of nitrogens with zero attached hydrogens (tertiary/aromatic N) is 1. The first-order valence-electron chi connectivity index (χ1n) is 11.8. The number of aliphatic hydroxyl groups excluding tert-OH is 1. The van der Waals surface area contributed by atoms with Gasteiger partial charge in [-0.1, -0.05) is 48.5 Å². The molecule has 2 amide bonds. The molecule has 3 aromatic carbocycles. The van der Waals surface area contributed by atoms with Crippen LogP contribution in [0.1, 0.15) is 28.9 Å². The van der Waals surface area contributed by atoms with Gasteiger partial charge in [0, 0.05) is 0 Å². The van der Waals surface area contributed by atoms with Crippen molar-refractivity contribution in [1.29, 1.82) is 0 Å². The average Bonchev–Trinajstić information content (AvgIpc) is 2.88. The van der Waals surface area contributed by atoms with E-state index < -0.39 is 28.1 Å². The molecule has 38 heavy (non-hydrogen) atoms. The number of ether oxygens (including phenoxy) is 2. The minimum absolute atomic E-state index is 0.0652. The second kappa shape index (κ2) is 12.9. The number of sulfonamides is 1. The first-order valence-corrected chi connectivity index (χ1v) is 13.7. The lowest BCUT2D eigenvalue weighted by molar-refractivity contribution is 0.0894. The van der Waals surface area contributed by atoms with Crippen molar-refractivity contribution in [2.24, 2.45) is 0 Å². The second-order valence-electron chi connectivity index (χ2n) is 8.38. The van der Waals surface area contributed by atoms with E-state index in [9.17, 15) is 28.2 Å². The third kappa shape index (κ3) is 8.22. The third-order valence-electron chi connectivity index (χ3n) is 5.47. The summed E-state index contributed by atoms with van der Waals surface area (Å²) in [6.45, 7) is 2.11. The maximum Gasteiger partial charge on any atom is 0.407 e. The van der Waals surface area contributed by atoms with E-state index in [2.05, 4.69) is 0 Å². The minimum Gasteiger partial charge on any atom is -0.493 e. The summed E-state index contributed by atoms with van der Waals surface area (Å²) in [5.74, 6) is -0.00672. The van der Waals surface area contributed by atoms with Crippen molar-refractivity contribution in [2.75, 3.05) is 32.6 Å². The van der Waals surface area contributed by atoms with Gasteiger partial charge in [-0.3, -0.25) is 4.79 Å². The van der Waals surface area contributed by atoms with E-state index in [4.69, 9.17) is 9.47 Å². The van der Waals surface area contributed by atoms with E-state index in [0.717, 1.165) is 22.3 Å². The highest BCUT2D eigenvalue weighted by atomic mass is 32.2. The number of amides is 2. The Kier molecular flexibility index (Phi) is 9.69. The molecule has 3 N–H and O–H groups in total. The highest BCUT2D eigenvalue weighted by Gasteiger charge is 2.19. The summed E-state index contributed by atoms with van der Waals surface area (Å²) in [7, 11) is -3.72. The van der Waals surface area contributed by atoms with Crippen LogP contribution in [0.4, 0.5) is 4.79 Å². The summed E-state index contributed by atoms with van der Waals surface area (Å²) in [5, 5.41) is 19.8. The number of hydrogen-bond donors (Lipinski definition) is 3. The highest BCUT2D eigenvalue weighted by Crippen LogP contribution is 2.29. The Hall–Kier alpha value is -4.09. The van der Waals surface area contributed by atoms with Crippen molar-refractivity contribution in [3.63, 3.8) is 0 Å². The molecule has 0 saturated heterocycles. The number of hydrogen-bond acceptors (Lipinski definition) is 7. The Morgan fingerprint density at radius 3 is 2.24 bits per heavy atom. The Morgan fingerprint density at radius 1 is 0.974 bits per heavy atom. The fourth-order valence-corrected chi connectivity index (χ4v) is 4.11. The molecule has 0 radical (unpaired) electrons. The van der Waals surface area contributed by atoms with Crippen molar-refractivity contribution in [3.8, 4) is 22.6 Å². The van der Waals surface area contributed by atoms with Gasteiger partial charge in [0.1, 0.15) is 18.1 Å². The largest absolute Gasteiger partial charge is 0.493 e. The number of carbonyl (C=O) groups is 2. The van der Waals surface area contributed by atoms with Crippen molar-refractivity contribution in [2.45, 2.75) is 13.0 Å². The Balaban J connectivity index is 1.63. The van der Waals surface area contributed by atoms with Gasteiger partial charge in [0.2, 0.25) is 10.0 Å². The molecule has 10 nitrogen and oxygen atoms in total. The molecule has 1 atom stereocenters. The lowest BCUT2D eigenvalue weighted by Crippen LogP contribution is -2.36. The van der Waals surface area contributed by atoms with Crippen LogP contribution in [0.2, 0.25) is 0 Å². The van der Waals surface area contributed by atoms with Gasteiger partial charge in [-0.25, -0.2) is 17.9 Å². The SMILES string of the molecule is CCOc1cc(-c2ccc(OCCN(C[C@H](O)c3ccccc3)C(=O)O)cc2)ccc1C(=O)NS(C)(=O)=O. The Labute approximate surface area is 221 Å². The zero-order valence-electron chi connectivity index (χ0n) is 21.0. The molecule has 0 unspecified atom stereocenters. The van der Waals surface area contributed by atoms with E-state index in [1.807, 2.05) is 10.8 Å². The van der Waals surface area contributed by atoms with Crippen molar-refractivity contribution >= 4 is 22.0 Å². The molecule has 0 aliphatic heterocycles. The van der Waals surface area contributed by atoms with E-state index >= 15 is 0 Å². The Bertz CT molecular complexity index is 1350. The normalized spacial score (nSPS) is 11.9. The summed E-state index contributed by atoms with van der Waals surface area (Å²) < 4.78 is 36.1. The zero-order valence-corrected chi connectivity index (χ0v) is 21.8. The summed E-state index contributed by atoms with van der Waals surface area (Å²) >= 11 is 0. The second-order valence-corrected chi connectivity index (χ2v) is 10.1. The van der Waals surface area contributed by atoms with Gasteiger partial charge in [0.05, 0.1) is 37.6 Å². The molecular weight excluding hydrogens is 512 g/mol. The molecular formula is C27H30N2O8S. The molecule has 0 aromatic heterocycles. The third-order valence-corrected chi connectivity index (χ3v) is 6.03. The first-order chi connectivity index (χ1) is 18.1. The Morgan fingerprint density at radius 2 is 1.63 bits per heavy atom. The molecule has 0 aliphatic rings. The molecule has 11 heteroatoms. The number of rotatable bonds is 12. The summed E-state index contributed by atoms with van der Waals surface area (Å²) in [4.78, 5) is 25.0. The van der Waals surface area contributed by atoms with Gasteiger partial charge in [-0.2, -0.15) is 0 Å². The van der Waals surface area contributed by atoms with Crippen LogP contribution in [0.3, 0.4) is 0 Å². The predicted molar refractivity (Wildman–Crippen MR) is 142 cm³/mol. The van der Waals surface area contributed by atoms with E-state index in [-0.39, 0.29) is 37.6 Å². The van der Waals surface area contributed by atoms with E-state index in [0.29, 0.717) is 11.3 Å². The predicted octanol–water partition coefficient (Wildman–Crippen LogP) is 3.53. The van der Waals surface area contributed by atoms with E-state index in [1.165, 1.54) is 6.07 Å². The smallest absolute Gasteiger partial charge is 0.407 e. The van der Waals surface area contributed by atoms with Crippen LogP contribution in [0.5, 0.6) is 11.5 Å². The molecule has 0 heterocycles. The van der Waals surface area contributed by atoms with Gasteiger partial charge in [0.25, 0.3) is 5.91 Å². The zero-order chi connectivity index (χ0) is 27.7. The lowest BCUT2D eigenvalue weighted by atomic mass is 10.0. The highest BCUT2D eigenvalue weighted by molar-refractivity contribution is 7.89. The van der Waals surface area contributed by atoms with Crippen molar-refractivity contribution in [1.82, 2.24) is 9.62 Å². The number of carboxylic acid groups (broad SMARTS) is 1. The molecule has 0 aliphatic carbocycles. The topological polar surface area (TPSA) is 142 Å². The van der Waals surface area contributed by atoms with Crippen LogP contribution in [0.15, 0.2) is 72.8 Å². The fourth-order valence-electron chi connectivity index (χ4n) is 3.66. The van der Waals surface area contributed by atoms with Crippen LogP contribution in [-0.2, 0) is 10.0 Å².